The lowest BCUT2D eigenvalue weighted by Gasteiger charge is -2.26. The number of nitrogens with zero attached hydrogens (tertiary/aromatic N) is 2. The van der Waals surface area contributed by atoms with Crippen LogP contribution in [0.1, 0.15) is 40.9 Å². The number of carbonyl (C=O) groups is 1. The summed E-state index contributed by atoms with van der Waals surface area (Å²) in [4.78, 5) is 17.6. The van der Waals surface area contributed by atoms with Crippen molar-refractivity contribution in [1.82, 2.24) is 9.29 Å². The Bertz CT molecular complexity index is 1280. The first kappa shape index (κ1) is 22.2. The number of aryl methyl sites for hydroxylation is 2. The summed E-state index contributed by atoms with van der Waals surface area (Å²) in [6.45, 7) is 4.76. The van der Waals surface area contributed by atoms with E-state index >= 15 is 0 Å². The summed E-state index contributed by atoms with van der Waals surface area (Å²) in [7, 11) is -2.28. The van der Waals surface area contributed by atoms with Crippen molar-refractivity contribution in [3.8, 4) is 5.75 Å². The average Bonchev–Trinajstić information content (AvgIpc) is 2.79. The molecule has 168 valence electrons. The molecule has 1 amide bonds. The molecule has 1 fully saturated rings. The lowest BCUT2D eigenvalue weighted by molar-refractivity contribution is 0.102. The van der Waals surface area contributed by atoms with E-state index < -0.39 is 10.0 Å². The van der Waals surface area contributed by atoms with Crippen molar-refractivity contribution >= 4 is 32.5 Å². The minimum absolute atomic E-state index is 0.0588. The van der Waals surface area contributed by atoms with Gasteiger partial charge in [0.2, 0.25) is 10.0 Å². The Morgan fingerprint density at radius 3 is 2.50 bits per heavy atom. The molecular weight excluding hydrogens is 426 g/mol. The fourth-order valence-electron chi connectivity index (χ4n) is 4.00. The van der Waals surface area contributed by atoms with Crippen LogP contribution in [0.25, 0.3) is 10.9 Å². The molecule has 4 rings (SSSR count). The normalized spacial score (nSPS) is 15.0. The van der Waals surface area contributed by atoms with E-state index in [4.69, 9.17) is 4.74 Å². The first-order valence-corrected chi connectivity index (χ1v) is 12.1. The van der Waals surface area contributed by atoms with E-state index in [0.29, 0.717) is 30.0 Å². The molecule has 1 aliphatic heterocycles. The summed E-state index contributed by atoms with van der Waals surface area (Å²) >= 11 is 0. The van der Waals surface area contributed by atoms with Gasteiger partial charge in [-0.2, -0.15) is 4.31 Å². The lowest BCUT2D eigenvalue weighted by atomic mass is 10.1. The summed E-state index contributed by atoms with van der Waals surface area (Å²) in [5.74, 6) is -0.0866. The van der Waals surface area contributed by atoms with Crippen LogP contribution in [0.3, 0.4) is 0 Å². The predicted molar refractivity (Wildman–Crippen MR) is 125 cm³/mol. The van der Waals surface area contributed by atoms with Crippen LogP contribution in [-0.4, -0.2) is 43.8 Å². The first-order valence-electron chi connectivity index (χ1n) is 10.7. The monoisotopic (exact) mass is 453 g/mol. The molecule has 0 spiro atoms. The Morgan fingerprint density at radius 2 is 1.78 bits per heavy atom. The first-order chi connectivity index (χ1) is 15.3. The van der Waals surface area contributed by atoms with Crippen LogP contribution in [-0.2, 0) is 10.0 Å². The molecule has 1 aliphatic rings. The number of aromatic nitrogens is 1. The number of hydrogen-bond donors (Lipinski definition) is 1. The number of nitrogens with one attached hydrogen (secondary N) is 1. The van der Waals surface area contributed by atoms with Crippen LogP contribution in [0.5, 0.6) is 5.75 Å². The lowest BCUT2D eigenvalue weighted by Crippen LogP contribution is -2.35. The maximum absolute atomic E-state index is 13.2. The Balaban J connectivity index is 1.65. The Kier molecular flexibility index (Phi) is 6.17. The third kappa shape index (κ3) is 4.33. The summed E-state index contributed by atoms with van der Waals surface area (Å²) < 4.78 is 33.3. The zero-order valence-corrected chi connectivity index (χ0v) is 19.3. The van der Waals surface area contributed by atoms with Gasteiger partial charge in [-0.15, -0.1) is 0 Å². The highest BCUT2D eigenvalue weighted by Gasteiger charge is 2.29. The predicted octanol–water partition coefficient (Wildman–Crippen LogP) is 4.29. The number of carbonyl (C=O) groups excluding carboxylic acids is 1. The van der Waals surface area contributed by atoms with Crippen LogP contribution >= 0.6 is 0 Å². The molecule has 2 heterocycles. The van der Waals surface area contributed by atoms with E-state index in [2.05, 4.69) is 10.3 Å². The van der Waals surface area contributed by atoms with Gasteiger partial charge in [0.15, 0.2) is 0 Å². The zero-order chi connectivity index (χ0) is 22.9. The van der Waals surface area contributed by atoms with E-state index in [-0.39, 0.29) is 16.6 Å². The van der Waals surface area contributed by atoms with E-state index in [0.717, 1.165) is 35.7 Å². The fraction of sp³-hybridized carbons (Fsp3) is 0.333. The van der Waals surface area contributed by atoms with Crippen LogP contribution in [0.15, 0.2) is 47.4 Å². The van der Waals surface area contributed by atoms with Crippen molar-refractivity contribution < 1.29 is 17.9 Å². The standard InChI is InChI=1S/C24H27N3O4S/c1-16-7-8-18-14-20(17(2)25-21(18)13-16)24(28)26-19-9-10-22(31-3)23(15-19)32(29,30)27-11-5-4-6-12-27/h7-10,13-15H,4-6,11-12H2,1-3H3,(H,26,28). The smallest absolute Gasteiger partial charge is 0.257 e. The minimum atomic E-state index is -3.72. The van der Waals surface area contributed by atoms with E-state index in [1.165, 1.54) is 17.5 Å². The van der Waals surface area contributed by atoms with Gasteiger partial charge in [-0.05, 0) is 62.6 Å². The van der Waals surface area contributed by atoms with Gasteiger partial charge in [0.05, 0.1) is 23.9 Å². The Hall–Kier alpha value is -2.97. The molecule has 0 bridgehead atoms. The van der Waals surface area contributed by atoms with Crippen molar-refractivity contribution in [3.63, 3.8) is 0 Å². The van der Waals surface area contributed by atoms with Crippen LogP contribution in [0.4, 0.5) is 5.69 Å². The van der Waals surface area contributed by atoms with Crippen molar-refractivity contribution in [3.05, 3.63) is 59.3 Å². The second-order valence-corrected chi connectivity index (χ2v) is 10.0. The molecule has 0 aliphatic carbocycles. The highest BCUT2D eigenvalue weighted by molar-refractivity contribution is 7.89. The van der Waals surface area contributed by atoms with E-state index in [1.54, 1.807) is 25.1 Å². The second-order valence-electron chi connectivity index (χ2n) is 8.10. The Labute approximate surface area is 188 Å². The van der Waals surface area contributed by atoms with Gasteiger partial charge in [-0.25, -0.2) is 8.42 Å². The maximum atomic E-state index is 13.2. The van der Waals surface area contributed by atoms with Crippen LogP contribution in [0.2, 0.25) is 0 Å². The highest BCUT2D eigenvalue weighted by atomic mass is 32.2. The molecule has 0 saturated carbocycles. The molecule has 7 nitrogen and oxygen atoms in total. The van der Waals surface area contributed by atoms with Crippen molar-refractivity contribution in [2.45, 2.75) is 38.0 Å². The number of pyridine rings is 1. The zero-order valence-electron chi connectivity index (χ0n) is 18.5. The van der Waals surface area contributed by atoms with Crippen LogP contribution in [0, 0.1) is 13.8 Å². The number of fused-ring (bicyclic) bond motifs is 1. The molecule has 0 atom stereocenters. The highest BCUT2D eigenvalue weighted by Crippen LogP contribution is 2.31. The maximum Gasteiger partial charge on any atom is 0.257 e. The number of methoxy groups -OCH3 is 1. The molecule has 1 saturated heterocycles. The third-order valence-electron chi connectivity index (χ3n) is 5.76. The minimum Gasteiger partial charge on any atom is -0.495 e. The van der Waals surface area contributed by atoms with Crippen molar-refractivity contribution in [2.24, 2.45) is 0 Å². The topological polar surface area (TPSA) is 88.6 Å². The van der Waals surface area contributed by atoms with E-state index in [1.807, 2.05) is 25.1 Å². The number of amides is 1. The molecule has 1 aromatic heterocycles. The molecule has 0 unspecified atom stereocenters. The summed E-state index contributed by atoms with van der Waals surface area (Å²) in [5, 5.41) is 3.69. The van der Waals surface area contributed by atoms with Crippen molar-refractivity contribution in [2.75, 3.05) is 25.5 Å². The quantitative estimate of drug-likeness (QED) is 0.623. The number of anilines is 1. The van der Waals surface area contributed by atoms with Gasteiger partial charge in [0.1, 0.15) is 10.6 Å². The number of sulfonamides is 1. The summed E-state index contributed by atoms with van der Waals surface area (Å²) in [6.07, 6.45) is 2.70. The van der Waals surface area contributed by atoms with Gasteiger partial charge >= 0.3 is 0 Å². The molecule has 2 aromatic carbocycles. The number of ether oxygens (including phenoxy) is 1. The molecular formula is C24H27N3O4S. The second kappa shape index (κ2) is 8.88. The third-order valence-corrected chi connectivity index (χ3v) is 7.68. The molecule has 0 radical (unpaired) electrons. The van der Waals surface area contributed by atoms with Gasteiger partial charge in [-0.3, -0.25) is 9.78 Å². The fourth-order valence-corrected chi connectivity index (χ4v) is 5.70. The number of hydrogen-bond acceptors (Lipinski definition) is 5. The number of piperidine rings is 1. The van der Waals surface area contributed by atoms with Crippen LogP contribution < -0.4 is 10.1 Å². The van der Waals surface area contributed by atoms with E-state index in [9.17, 15) is 13.2 Å². The van der Waals surface area contributed by atoms with Gasteiger partial charge in [0, 0.05) is 24.2 Å². The molecule has 8 heteroatoms. The Morgan fingerprint density at radius 1 is 1.03 bits per heavy atom. The summed E-state index contributed by atoms with van der Waals surface area (Å²) in [5.41, 5.74) is 3.36. The molecule has 32 heavy (non-hydrogen) atoms. The number of benzene rings is 2. The van der Waals surface area contributed by atoms with Gasteiger partial charge in [-0.1, -0.05) is 18.6 Å². The largest absolute Gasteiger partial charge is 0.495 e. The van der Waals surface area contributed by atoms with Gasteiger partial charge < -0.3 is 10.1 Å². The van der Waals surface area contributed by atoms with Crippen molar-refractivity contribution in [1.29, 1.82) is 0 Å². The number of rotatable bonds is 5. The van der Waals surface area contributed by atoms with Gasteiger partial charge in [0.25, 0.3) is 5.91 Å². The SMILES string of the molecule is COc1ccc(NC(=O)c2cc3ccc(C)cc3nc2C)cc1S(=O)(=O)N1CCCCC1. The molecule has 3 aromatic rings. The molecule has 1 N–H and O–H groups in total. The summed E-state index contributed by atoms with van der Waals surface area (Å²) in [6, 6.07) is 12.4. The average molecular weight is 454 g/mol.